The molecule has 0 fully saturated rings. The third-order valence-electron chi connectivity index (χ3n) is 2.01. The molecule has 1 N–H and O–H groups in total. The first-order valence-corrected chi connectivity index (χ1v) is 4.84. The van der Waals surface area contributed by atoms with E-state index in [1.54, 1.807) is 13.0 Å². The highest BCUT2D eigenvalue weighted by molar-refractivity contribution is 6.02. The van der Waals surface area contributed by atoms with Crippen molar-refractivity contribution >= 4 is 11.6 Å². The molecule has 4 heteroatoms. The normalized spacial score (nSPS) is 9.81. The van der Waals surface area contributed by atoms with Gasteiger partial charge in [0.2, 0.25) is 0 Å². The lowest BCUT2D eigenvalue weighted by Crippen LogP contribution is -2.14. The molecule has 4 nitrogen and oxygen atoms in total. The van der Waals surface area contributed by atoms with Gasteiger partial charge in [0.1, 0.15) is 5.69 Å². The van der Waals surface area contributed by atoms with Gasteiger partial charge in [-0.15, -0.1) is 0 Å². The SMILES string of the molecule is Cc1cc(C(=O)Nc2ccccc2)n[c]n1. The summed E-state index contributed by atoms with van der Waals surface area (Å²) >= 11 is 0. The van der Waals surface area contributed by atoms with Gasteiger partial charge in [0.05, 0.1) is 0 Å². The van der Waals surface area contributed by atoms with Crippen LogP contribution in [0.15, 0.2) is 36.4 Å². The minimum Gasteiger partial charge on any atom is -0.321 e. The maximum atomic E-state index is 11.7. The van der Waals surface area contributed by atoms with Crippen LogP contribution < -0.4 is 5.32 Å². The molecule has 0 aliphatic carbocycles. The van der Waals surface area contributed by atoms with Crippen molar-refractivity contribution in [2.24, 2.45) is 0 Å². The molecule has 0 unspecified atom stereocenters. The second kappa shape index (κ2) is 4.53. The van der Waals surface area contributed by atoms with Crippen LogP contribution in [-0.4, -0.2) is 15.9 Å². The van der Waals surface area contributed by atoms with Crippen LogP contribution >= 0.6 is 0 Å². The van der Waals surface area contributed by atoms with Gasteiger partial charge in [0.25, 0.3) is 5.91 Å². The molecule has 0 atom stereocenters. The number of aryl methyl sites for hydroxylation is 1. The van der Waals surface area contributed by atoms with E-state index in [-0.39, 0.29) is 5.91 Å². The topological polar surface area (TPSA) is 54.9 Å². The molecular formula is C12H10N3O. The van der Waals surface area contributed by atoms with Crippen LogP contribution in [0.4, 0.5) is 5.69 Å². The zero-order chi connectivity index (χ0) is 11.4. The number of hydrogen-bond acceptors (Lipinski definition) is 3. The van der Waals surface area contributed by atoms with Crippen LogP contribution in [0.1, 0.15) is 16.2 Å². The van der Waals surface area contributed by atoms with E-state index in [4.69, 9.17) is 0 Å². The first kappa shape index (κ1) is 10.3. The Morgan fingerprint density at radius 1 is 1.25 bits per heavy atom. The fourth-order valence-electron chi connectivity index (χ4n) is 1.25. The van der Waals surface area contributed by atoms with E-state index in [2.05, 4.69) is 21.6 Å². The highest BCUT2D eigenvalue weighted by Gasteiger charge is 2.07. The monoisotopic (exact) mass is 212 g/mol. The minimum absolute atomic E-state index is 0.257. The lowest BCUT2D eigenvalue weighted by molar-refractivity contribution is 0.102. The van der Waals surface area contributed by atoms with Gasteiger partial charge in [-0.05, 0) is 25.1 Å². The second-order valence-electron chi connectivity index (χ2n) is 3.31. The van der Waals surface area contributed by atoms with Crippen LogP contribution in [0.5, 0.6) is 0 Å². The van der Waals surface area contributed by atoms with Gasteiger partial charge in [-0.2, -0.15) is 0 Å². The molecule has 0 aliphatic rings. The molecule has 1 aromatic carbocycles. The summed E-state index contributed by atoms with van der Waals surface area (Å²) in [7, 11) is 0. The molecule has 79 valence electrons. The van der Waals surface area contributed by atoms with Crippen LogP contribution in [0.2, 0.25) is 0 Å². The molecule has 2 rings (SSSR count). The highest BCUT2D eigenvalue weighted by atomic mass is 16.1. The standard InChI is InChI=1S/C12H10N3O/c1-9-7-11(14-8-13-9)12(16)15-10-5-3-2-4-6-10/h2-7H,1H3,(H,15,16). The molecule has 1 radical (unpaired) electrons. The Morgan fingerprint density at radius 3 is 2.69 bits per heavy atom. The summed E-state index contributed by atoms with van der Waals surface area (Å²) < 4.78 is 0. The molecule has 0 spiro atoms. The average molecular weight is 212 g/mol. The molecule has 1 heterocycles. The minimum atomic E-state index is -0.257. The average Bonchev–Trinajstić information content (AvgIpc) is 2.30. The zero-order valence-electron chi connectivity index (χ0n) is 8.77. The molecule has 0 saturated carbocycles. The first-order valence-electron chi connectivity index (χ1n) is 4.84. The van der Waals surface area contributed by atoms with E-state index < -0.39 is 0 Å². The summed E-state index contributed by atoms with van der Waals surface area (Å²) in [6, 6.07) is 10.8. The fraction of sp³-hybridized carbons (Fsp3) is 0.0833. The van der Waals surface area contributed by atoms with Crippen molar-refractivity contribution in [1.82, 2.24) is 9.97 Å². The predicted octanol–water partition coefficient (Wildman–Crippen LogP) is 1.84. The van der Waals surface area contributed by atoms with E-state index in [1.807, 2.05) is 30.3 Å². The number of carbonyl (C=O) groups excluding carboxylic acids is 1. The number of carbonyl (C=O) groups is 1. The number of amides is 1. The molecule has 0 bridgehead atoms. The van der Waals surface area contributed by atoms with E-state index in [0.29, 0.717) is 11.4 Å². The fourth-order valence-corrected chi connectivity index (χ4v) is 1.25. The van der Waals surface area contributed by atoms with Crippen LogP contribution in [0, 0.1) is 13.3 Å². The molecule has 0 saturated heterocycles. The van der Waals surface area contributed by atoms with Crippen molar-refractivity contribution in [2.45, 2.75) is 6.92 Å². The Hall–Kier alpha value is -2.23. The zero-order valence-corrected chi connectivity index (χ0v) is 8.77. The Bertz CT molecular complexity index is 497. The smallest absolute Gasteiger partial charge is 0.274 e. The van der Waals surface area contributed by atoms with Crippen LogP contribution in [0.3, 0.4) is 0 Å². The highest BCUT2D eigenvalue weighted by Crippen LogP contribution is 2.07. The van der Waals surface area contributed by atoms with Crippen molar-refractivity contribution in [3.8, 4) is 0 Å². The molecule has 1 aromatic heterocycles. The Balaban J connectivity index is 2.15. The summed E-state index contributed by atoms with van der Waals surface area (Å²) in [4.78, 5) is 19.3. The molecule has 0 aliphatic heterocycles. The van der Waals surface area contributed by atoms with Crippen molar-refractivity contribution in [3.63, 3.8) is 0 Å². The Morgan fingerprint density at radius 2 is 2.00 bits per heavy atom. The maximum absolute atomic E-state index is 11.7. The Labute approximate surface area is 93.4 Å². The van der Waals surface area contributed by atoms with E-state index in [9.17, 15) is 4.79 Å². The lowest BCUT2D eigenvalue weighted by Gasteiger charge is -2.03. The number of benzene rings is 1. The molecule has 16 heavy (non-hydrogen) atoms. The van der Waals surface area contributed by atoms with Crippen molar-refractivity contribution in [2.75, 3.05) is 5.32 Å². The van der Waals surface area contributed by atoms with E-state index in [0.717, 1.165) is 5.69 Å². The molecular weight excluding hydrogens is 202 g/mol. The number of rotatable bonds is 2. The van der Waals surface area contributed by atoms with Crippen molar-refractivity contribution in [3.05, 3.63) is 54.1 Å². The van der Waals surface area contributed by atoms with E-state index in [1.165, 1.54) is 0 Å². The quantitative estimate of drug-likeness (QED) is 0.826. The van der Waals surface area contributed by atoms with Crippen molar-refractivity contribution in [1.29, 1.82) is 0 Å². The second-order valence-corrected chi connectivity index (χ2v) is 3.31. The van der Waals surface area contributed by atoms with Gasteiger partial charge in [-0.25, -0.2) is 9.97 Å². The summed E-state index contributed by atoms with van der Waals surface area (Å²) in [6.07, 6.45) is 2.44. The Kier molecular flexibility index (Phi) is 2.91. The van der Waals surface area contributed by atoms with Crippen LogP contribution in [-0.2, 0) is 0 Å². The largest absolute Gasteiger partial charge is 0.321 e. The number of aromatic nitrogens is 2. The van der Waals surface area contributed by atoms with Gasteiger partial charge in [0.15, 0.2) is 6.33 Å². The number of para-hydroxylation sites is 1. The van der Waals surface area contributed by atoms with E-state index >= 15 is 0 Å². The molecule has 1 amide bonds. The van der Waals surface area contributed by atoms with Gasteiger partial charge in [-0.1, -0.05) is 18.2 Å². The van der Waals surface area contributed by atoms with Gasteiger partial charge >= 0.3 is 0 Å². The summed E-state index contributed by atoms with van der Waals surface area (Å²) in [5.74, 6) is -0.257. The van der Waals surface area contributed by atoms with Crippen molar-refractivity contribution < 1.29 is 4.79 Å². The summed E-state index contributed by atoms with van der Waals surface area (Å²) in [5.41, 5.74) is 1.77. The predicted molar refractivity (Wildman–Crippen MR) is 60.0 cm³/mol. The molecule has 2 aromatic rings. The third kappa shape index (κ3) is 2.42. The first-order chi connectivity index (χ1) is 7.75. The number of anilines is 1. The number of nitrogens with zero attached hydrogens (tertiary/aromatic N) is 2. The summed E-state index contributed by atoms with van der Waals surface area (Å²) in [5, 5.41) is 2.74. The van der Waals surface area contributed by atoms with Gasteiger partial charge < -0.3 is 5.32 Å². The maximum Gasteiger partial charge on any atom is 0.274 e. The van der Waals surface area contributed by atoms with Gasteiger partial charge in [0, 0.05) is 11.4 Å². The lowest BCUT2D eigenvalue weighted by atomic mass is 10.3. The summed E-state index contributed by atoms with van der Waals surface area (Å²) in [6.45, 7) is 1.79. The number of nitrogens with one attached hydrogen (secondary N) is 1. The van der Waals surface area contributed by atoms with Crippen LogP contribution in [0.25, 0.3) is 0 Å². The third-order valence-corrected chi connectivity index (χ3v) is 2.01. The number of hydrogen-bond donors (Lipinski definition) is 1. The van der Waals surface area contributed by atoms with Gasteiger partial charge in [-0.3, -0.25) is 4.79 Å².